The van der Waals surface area contributed by atoms with Crippen molar-refractivity contribution in [3.8, 4) is 0 Å². The van der Waals surface area contributed by atoms with Gasteiger partial charge in [0.15, 0.2) is 0 Å². The van der Waals surface area contributed by atoms with E-state index < -0.39 is 11.9 Å². The molecular weight excluding hydrogens is 386 g/mol. The van der Waals surface area contributed by atoms with Crippen molar-refractivity contribution in [2.45, 2.75) is 12.5 Å². The first-order chi connectivity index (χ1) is 15.1. The van der Waals surface area contributed by atoms with Crippen molar-refractivity contribution >= 4 is 44.3 Å². The highest BCUT2D eigenvalue weighted by molar-refractivity contribution is 6.18. The van der Waals surface area contributed by atoms with Crippen molar-refractivity contribution in [3.63, 3.8) is 0 Å². The Morgan fingerprint density at radius 2 is 1.42 bits per heavy atom. The molecule has 0 aliphatic heterocycles. The zero-order valence-corrected chi connectivity index (χ0v) is 16.8. The Morgan fingerprint density at radius 1 is 0.839 bits per heavy atom. The lowest BCUT2D eigenvalue weighted by Crippen LogP contribution is -2.45. The van der Waals surface area contributed by atoms with E-state index in [4.69, 9.17) is 5.73 Å². The fraction of sp³-hybridized carbons (Fsp3) is 0.0769. The summed E-state index contributed by atoms with van der Waals surface area (Å²) in [5, 5.41) is 7.53. The van der Waals surface area contributed by atoms with E-state index in [-0.39, 0.29) is 5.91 Å². The summed E-state index contributed by atoms with van der Waals surface area (Å²) < 4.78 is 0. The van der Waals surface area contributed by atoms with Crippen molar-refractivity contribution < 1.29 is 9.59 Å². The van der Waals surface area contributed by atoms with Crippen LogP contribution in [0.25, 0.3) is 32.4 Å². The van der Waals surface area contributed by atoms with Crippen LogP contribution in [0.4, 0.5) is 0 Å². The Hall–Kier alpha value is -4.12. The van der Waals surface area contributed by atoms with E-state index in [1.165, 1.54) is 0 Å². The molecule has 1 heterocycles. The van der Waals surface area contributed by atoms with Crippen LogP contribution >= 0.6 is 0 Å². The maximum atomic E-state index is 13.5. The summed E-state index contributed by atoms with van der Waals surface area (Å²) in [4.78, 5) is 28.9. The van der Waals surface area contributed by atoms with E-state index in [1.54, 1.807) is 0 Å². The third kappa shape index (κ3) is 3.40. The summed E-state index contributed by atoms with van der Waals surface area (Å²) in [6.07, 6.45) is 2.17. The molecule has 1 atom stereocenters. The topological polar surface area (TPSA) is 88.0 Å². The molecule has 0 unspecified atom stereocenters. The molecule has 0 saturated heterocycles. The number of amides is 2. The van der Waals surface area contributed by atoms with Crippen LogP contribution in [0.15, 0.2) is 85.1 Å². The predicted octanol–water partition coefficient (Wildman–Crippen LogP) is 4.30. The van der Waals surface area contributed by atoms with Crippen LogP contribution in [-0.2, 0) is 11.2 Å². The zero-order chi connectivity index (χ0) is 21.4. The number of hydrogen-bond acceptors (Lipinski definition) is 2. The highest BCUT2D eigenvalue weighted by atomic mass is 16.2. The van der Waals surface area contributed by atoms with Crippen molar-refractivity contribution in [2.75, 3.05) is 0 Å². The van der Waals surface area contributed by atoms with Gasteiger partial charge in [-0.15, -0.1) is 0 Å². The number of H-pyrrole nitrogens is 1. The molecule has 0 aliphatic carbocycles. The Bertz CT molecular complexity index is 1400. The smallest absolute Gasteiger partial charge is 0.253 e. The predicted molar refractivity (Wildman–Crippen MR) is 124 cm³/mol. The molecule has 0 fully saturated rings. The molecule has 5 rings (SSSR count). The Balaban J connectivity index is 1.54. The van der Waals surface area contributed by atoms with Gasteiger partial charge in [0.2, 0.25) is 5.91 Å². The van der Waals surface area contributed by atoms with Crippen LogP contribution in [-0.4, -0.2) is 22.8 Å². The summed E-state index contributed by atoms with van der Waals surface area (Å²) in [5.74, 6) is -0.875. The summed E-state index contributed by atoms with van der Waals surface area (Å²) in [7, 11) is 0. The van der Waals surface area contributed by atoms with Gasteiger partial charge in [0.1, 0.15) is 6.04 Å². The average Bonchev–Trinajstić information content (AvgIpc) is 3.19. The number of aromatic nitrogens is 1. The summed E-state index contributed by atoms with van der Waals surface area (Å²) in [5.41, 5.74) is 8.15. The van der Waals surface area contributed by atoms with Gasteiger partial charge in [-0.25, -0.2) is 0 Å². The molecule has 1 aromatic heterocycles. The van der Waals surface area contributed by atoms with Crippen LogP contribution in [0, 0.1) is 0 Å². The number of fused-ring (bicyclic) bond motifs is 3. The third-order valence-electron chi connectivity index (χ3n) is 5.75. The molecule has 5 nitrogen and oxygen atoms in total. The molecule has 152 valence electrons. The van der Waals surface area contributed by atoms with Crippen molar-refractivity contribution in [1.29, 1.82) is 0 Å². The number of aromatic amines is 1. The summed E-state index contributed by atoms with van der Waals surface area (Å²) in [6, 6.07) is 24.6. The SMILES string of the molecule is NC(=O)[C@@H](Cc1c[nH]c2ccccc12)NC(=O)c1c2ccccc2cc2ccccc12. The number of para-hydroxylation sites is 1. The maximum Gasteiger partial charge on any atom is 0.253 e. The first-order valence-electron chi connectivity index (χ1n) is 10.2. The standard InChI is InChI=1S/C26H21N3O2/c27-25(30)23(14-18-15-28-22-12-6-5-9-19(18)22)29-26(31)24-20-10-3-1-7-16(20)13-17-8-2-4-11-21(17)24/h1-13,15,23,28H,14H2,(H2,27,30)(H,29,31)/t23-/m1/s1. The van der Waals surface area contributed by atoms with Crippen LogP contribution in [0.1, 0.15) is 15.9 Å². The van der Waals surface area contributed by atoms with E-state index >= 15 is 0 Å². The molecule has 5 heteroatoms. The number of rotatable bonds is 5. The lowest BCUT2D eigenvalue weighted by Gasteiger charge is -2.17. The normalized spacial score (nSPS) is 12.3. The summed E-state index contributed by atoms with van der Waals surface area (Å²) in [6.45, 7) is 0. The summed E-state index contributed by atoms with van der Waals surface area (Å²) >= 11 is 0. The first kappa shape index (κ1) is 18.9. The van der Waals surface area contributed by atoms with E-state index in [0.29, 0.717) is 12.0 Å². The number of carbonyl (C=O) groups excluding carboxylic acids is 2. The third-order valence-corrected chi connectivity index (χ3v) is 5.75. The second kappa shape index (κ2) is 7.61. The van der Waals surface area contributed by atoms with Gasteiger partial charge in [-0.2, -0.15) is 0 Å². The molecule has 31 heavy (non-hydrogen) atoms. The number of nitrogens with one attached hydrogen (secondary N) is 2. The van der Waals surface area contributed by atoms with E-state index in [9.17, 15) is 9.59 Å². The van der Waals surface area contributed by atoms with Crippen LogP contribution in [0.2, 0.25) is 0 Å². The van der Waals surface area contributed by atoms with Crippen molar-refractivity contribution in [1.82, 2.24) is 10.3 Å². The molecule has 0 aliphatic rings. The minimum atomic E-state index is -0.829. The molecule has 0 spiro atoms. The van der Waals surface area contributed by atoms with Gasteiger partial charge in [-0.1, -0.05) is 66.7 Å². The molecular formula is C26H21N3O2. The van der Waals surface area contributed by atoms with Gasteiger partial charge in [0, 0.05) is 23.5 Å². The van der Waals surface area contributed by atoms with Crippen molar-refractivity contribution in [2.24, 2.45) is 5.73 Å². The molecule has 5 aromatic rings. The fourth-order valence-corrected chi connectivity index (χ4v) is 4.23. The molecule has 0 saturated carbocycles. The molecule has 4 aromatic carbocycles. The van der Waals surface area contributed by atoms with Crippen LogP contribution in [0.3, 0.4) is 0 Å². The quantitative estimate of drug-likeness (QED) is 0.379. The van der Waals surface area contributed by atoms with Crippen molar-refractivity contribution in [3.05, 3.63) is 96.2 Å². The number of primary amides is 1. The first-order valence-corrected chi connectivity index (χ1v) is 10.2. The zero-order valence-electron chi connectivity index (χ0n) is 16.8. The van der Waals surface area contributed by atoms with Gasteiger partial charge in [0.25, 0.3) is 5.91 Å². The Labute approximate surface area is 178 Å². The molecule has 2 amide bonds. The van der Waals surface area contributed by atoms with E-state index in [0.717, 1.165) is 38.0 Å². The highest BCUT2D eigenvalue weighted by Crippen LogP contribution is 2.28. The average molecular weight is 407 g/mol. The number of hydrogen-bond donors (Lipinski definition) is 3. The lowest BCUT2D eigenvalue weighted by atomic mass is 9.95. The largest absolute Gasteiger partial charge is 0.368 e. The molecule has 4 N–H and O–H groups in total. The van der Waals surface area contributed by atoms with Gasteiger partial charge in [-0.3, -0.25) is 9.59 Å². The monoisotopic (exact) mass is 407 g/mol. The number of nitrogens with two attached hydrogens (primary N) is 1. The van der Waals surface area contributed by atoms with Gasteiger partial charge in [0.05, 0.1) is 5.56 Å². The minimum Gasteiger partial charge on any atom is -0.368 e. The van der Waals surface area contributed by atoms with E-state index in [1.807, 2.05) is 79.0 Å². The van der Waals surface area contributed by atoms with Crippen LogP contribution in [0.5, 0.6) is 0 Å². The lowest BCUT2D eigenvalue weighted by molar-refractivity contribution is -0.119. The second-order valence-electron chi connectivity index (χ2n) is 7.69. The van der Waals surface area contributed by atoms with Crippen LogP contribution < -0.4 is 11.1 Å². The van der Waals surface area contributed by atoms with E-state index in [2.05, 4.69) is 16.4 Å². The Kier molecular flexibility index (Phi) is 4.64. The molecule has 0 radical (unpaired) electrons. The number of benzene rings is 4. The maximum absolute atomic E-state index is 13.5. The van der Waals surface area contributed by atoms with Gasteiger partial charge >= 0.3 is 0 Å². The number of carbonyl (C=O) groups is 2. The highest BCUT2D eigenvalue weighted by Gasteiger charge is 2.23. The van der Waals surface area contributed by atoms with Gasteiger partial charge in [-0.05, 0) is 39.2 Å². The minimum absolute atomic E-state index is 0.309. The van der Waals surface area contributed by atoms with Gasteiger partial charge < -0.3 is 16.0 Å². The molecule has 0 bridgehead atoms. The second-order valence-corrected chi connectivity index (χ2v) is 7.69. The fourth-order valence-electron chi connectivity index (χ4n) is 4.23. The Morgan fingerprint density at radius 3 is 2.06 bits per heavy atom.